The largest absolute Gasteiger partial charge is 0.376 e. The van der Waals surface area contributed by atoms with Gasteiger partial charge in [-0.05, 0) is 56.4 Å². The molecule has 0 radical (unpaired) electrons. The van der Waals surface area contributed by atoms with Crippen LogP contribution >= 0.6 is 35.7 Å². The second kappa shape index (κ2) is 14.5. The van der Waals surface area contributed by atoms with E-state index < -0.39 is 0 Å². The van der Waals surface area contributed by atoms with E-state index in [-0.39, 0.29) is 24.0 Å². The van der Waals surface area contributed by atoms with Gasteiger partial charge in [-0.2, -0.15) is 0 Å². The highest BCUT2D eigenvalue weighted by Gasteiger charge is 2.23. The van der Waals surface area contributed by atoms with Crippen LogP contribution in [0.3, 0.4) is 0 Å². The summed E-state index contributed by atoms with van der Waals surface area (Å²) in [6, 6.07) is 10.6. The lowest BCUT2D eigenvalue weighted by Crippen LogP contribution is -2.47. The highest BCUT2D eigenvalue weighted by molar-refractivity contribution is 14.0. The molecule has 3 rings (SSSR count). The summed E-state index contributed by atoms with van der Waals surface area (Å²) in [4.78, 5) is 8.18. The molecule has 29 heavy (non-hydrogen) atoms. The Labute approximate surface area is 197 Å². The Bertz CT molecular complexity index is 577. The van der Waals surface area contributed by atoms with Gasteiger partial charge in [-0.3, -0.25) is 4.99 Å². The molecule has 2 heterocycles. The molecular formula is C22H36IN3O2S. The van der Waals surface area contributed by atoms with Crippen LogP contribution < -0.4 is 5.32 Å². The van der Waals surface area contributed by atoms with Gasteiger partial charge in [0.2, 0.25) is 0 Å². The van der Waals surface area contributed by atoms with Crippen LogP contribution in [0.1, 0.15) is 38.5 Å². The molecule has 2 aliphatic heterocycles. The van der Waals surface area contributed by atoms with Crippen LogP contribution in [0.4, 0.5) is 0 Å². The lowest BCUT2D eigenvalue weighted by Gasteiger charge is -2.35. The van der Waals surface area contributed by atoms with Crippen molar-refractivity contribution < 1.29 is 9.47 Å². The van der Waals surface area contributed by atoms with Crippen LogP contribution in [0.5, 0.6) is 0 Å². The van der Waals surface area contributed by atoms with Gasteiger partial charge in [0.05, 0.1) is 18.8 Å². The number of rotatable bonds is 8. The fraction of sp³-hybridized carbons (Fsp3) is 0.682. The topological polar surface area (TPSA) is 46.1 Å². The van der Waals surface area contributed by atoms with Gasteiger partial charge in [-0.25, -0.2) is 0 Å². The predicted molar refractivity (Wildman–Crippen MR) is 133 cm³/mol. The van der Waals surface area contributed by atoms with Crippen LogP contribution in [0.2, 0.25) is 0 Å². The molecule has 7 heteroatoms. The number of aliphatic imine (C=N–C) groups is 1. The fourth-order valence-electron chi connectivity index (χ4n) is 3.73. The van der Waals surface area contributed by atoms with E-state index >= 15 is 0 Å². The molecule has 2 fully saturated rings. The smallest absolute Gasteiger partial charge is 0.193 e. The Morgan fingerprint density at radius 3 is 2.69 bits per heavy atom. The number of nitrogens with zero attached hydrogens (tertiary/aromatic N) is 2. The molecule has 5 nitrogen and oxygen atoms in total. The normalized spacial score (nSPS) is 20.9. The third-order valence-electron chi connectivity index (χ3n) is 5.36. The first-order valence-electron chi connectivity index (χ1n) is 10.7. The molecule has 0 aliphatic carbocycles. The third kappa shape index (κ3) is 9.02. The van der Waals surface area contributed by atoms with Gasteiger partial charge in [-0.15, -0.1) is 35.7 Å². The Morgan fingerprint density at radius 2 is 2.00 bits per heavy atom. The molecule has 1 atom stereocenters. The zero-order valence-electron chi connectivity index (χ0n) is 17.6. The number of thioether (sulfide) groups is 1. The molecule has 1 unspecified atom stereocenters. The van der Waals surface area contributed by atoms with Crippen LogP contribution in [0, 0.1) is 0 Å². The number of guanidine groups is 1. The minimum absolute atomic E-state index is 0. The van der Waals surface area contributed by atoms with Crippen molar-refractivity contribution in [2.24, 2.45) is 4.99 Å². The minimum Gasteiger partial charge on any atom is -0.376 e. The van der Waals surface area contributed by atoms with Gasteiger partial charge >= 0.3 is 0 Å². The second-order valence-electron chi connectivity index (χ2n) is 7.50. The summed E-state index contributed by atoms with van der Waals surface area (Å²) in [5, 5.41) is 3.53. The number of hydrogen-bond donors (Lipinski definition) is 1. The monoisotopic (exact) mass is 533 g/mol. The molecular weight excluding hydrogens is 497 g/mol. The highest BCUT2D eigenvalue weighted by atomic mass is 127. The summed E-state index contributed by atoms with van der Waals surface area (Å²) < 4.78 is 11.9. The first-order valence-corrected chi connectivity index (χ1v) is 11.7. The van der Waals surface area contributed by atoms with E-state index in [2.05, 4.69) is 45.5 Å². The van der Waals surface area contributed by atoms with E-state index in [1.807, 2.05) is 18.8 Å². The van der Waals surface area contributed by atoms with E-state index in [0.717, 1.165) is 70.2 Å². The molecule has 0 bridgehead atoms. The molecule has 0 spiro atoms. The van der Waals surface area contributed by atoms with Crippen LogP contribution in [0.25, 0.3) is 0 Å². The van der Waals surface area contributed by atoms with Gasteiger partial charge in [0.1, 0.15) is 0 Å². The van der Waals surface area contributed by atoms with Gasteiger partial charge in [0.15, 0.2) is 5.96 Å². The maximum atomic E-state index is 6.12. The maximum Gasteiger partial charge on any atom is 0.193 e. The lowest BCUT2D eigenvalue weighted by atomic mass is 10.1. The van der Waals surface area contributed by atoms with E-state index in [9.17, 15) is 0 Å². The van der Waals surface area contributed by atoms with Crippen molar-refractivity contribution >= 4 is 41.7 Å². The molecule has 1 N–H and O–H groups in total. The molecule has 0 saturated carbocycles. The van der Waals surface area contributed by atoms with Crippen molar-refractivity contribution in [3.63, 3.8) is 0 Å². The summed E-state index contributed by atoms with van der Waals surface area (Å²) in [5.41, 5.74) is 0. The molecule has 2 aliphatic rings. The zero-order valence-corrected chi connectivity index (χ0v) is 20.7. The fourth-order valence-corrected chi connectivity index (χ4v) is 4.60. The van der Waals surface area contributed by atoms with E-state index in [1.165, 1.54) is 17.7 Å². The van der Waals surface area contributed by atoms with E-state index in [0.29, 0.717) is 12.2 Å². The van der Waals surface area contributed by atoms with Gasteiger partial charge in [-0.1, -0.05) is 18.2 Å². The number of halogens is 1. The van der Waals surface area contributed by atoms with Crippen LogP contribution in [0.15, 0.2) is 40.2 Å². The van der Waals surface area contributed by atoms with Crippen molar-refractivity contribution in [3.8, 4) is 0 Å². The second-order valence-corrected chi connectivity index (χ2v) is 8.67. The lowest BCUT2D eigenvalue weighted by molar-refractivity contribution is -0.0721. The quantitative estimate of drug-likeness (QED) is 0.176. The Balaban J connectivity index is 0.00000300. The first kappa shape index (κ1) is 24.8. The van der Waals surface area contributed by atoms with E-state index in [4.69, 9.17) is 9.47 Å². The van der Waals surface area contributed by atoms with Crippen molar-refractivity contribution in [2.45, 2.75) is 55.6 Å². The molecule has 2 saturated heterocycles. The van der Waals surface area contributed by atoms with Gasteiger partial charge < -0.3 is 19.7 Å². The standard InChI is InChI=1S/C22H35N3O2S.HI/c1-23-22(24-13-7-17-28-21-9-3-2-4-10-21)25-14-11-19(12-15-25)27-18-20-8-5-6-16-26-20;/h2-4,9-10,19-20H,5-8,11-18H2,1H3,(H,23,24);1H. The Kier molecular flexibility index (Phi) is 12.4. The van der Waals surface area contributed by atoms with Crippen molar-refractivity contribution in [3.05, 3.63) is 30.3 Å². The SMILES string of the molecule is CN=C(NCCCSc1ccccc1)N1CCC(OCC2CCCCO2)CC1.I. The van der Waals surface area contributed by atoms with Crippen molar-refractivity contribution in [1.82, 2.24) is 10.2 Å². The number of hydrogen-bond acceptors (Lipinski definition) is 4. The molecule has 0 aromatic heterocycles. The van der Waals surface area contributed by atoms with Crippen molar-refractivity contribution in [1.29, 1.82) is 0 Å². The first-order chi connectivity index (χ1) is 13.8. The highest BCUT2D eigenvalue weighted by Crippen LogP contribution is 2.19. The number of piperidine rings is 1. The predicted octanol–water partition coefficient (Wildman–Crippen LogP) is 4.41. The Hall–Kier alpha value is -0.510. The third-order valence-corrected chi connectivity index (χ3v) is 6.46. The summed E-state index contributed by atoms with van der Waals surface area (Å²) in [6.07, 6.45) is 7.56. The molecule has 0 amide bonds. The average molecular weight is 534 g/mol. The average Bonchev–Trinajstić information content (AvgIpc) is 2.77. The molecule has 164 valence electrons. The zero-order chi connectivity index (χ0) is 19.4. The van der Waals surface area contributed by atoms with Gasteiger partial charge in [0.25, 0.3) is 0 Å². The number of nitrogens with one attached hydrogen (secondary N) is 1. The van der Waals surface area contributed by atoms with Crippen LogP contribution in [-0.4, -0.2) is 68.7 Å². The van der Waals surface area contributed by atoms with Gasteiger partial charge in [0, 0.05) is 38.2 Å². The Morgan fingerprint density at radius 1 is 1.21 bits per heavy atom. The van der Waals surface area contributed by atoms with Crippen molar-refractivity contribution in [2.75, 3.05) is 45.6 Å². The summed E-state index contributed by atoms with van der Waals surface area (Å²) >= 11 is 1.91. The maximum absolute atomic E-state index is 6.12. The number of likely N-dealkylation sites (tertiary alicyclic amines) is 1. The number of benzene rings is 1. The number of ether oxygens (including phenoxy) is 2. The summed E-state index contributed by atoms with van der Waals surface area (Å²) in [5.74, 6) is 2.14. The van der Waals surface area contributed by atoms with E-state index in [1.54, 1.807) is 0 Å². The summed E-state index contributed by atoms with van der Waals surface area (Å²) in [6.45, 7) is 4.64. The molecule has 1 aromatic carbocycles. The van der Waals surface area contributed by atoms with Crippen LogP contribution in [-0.2, 0) is 9.47 Å². The minimum atomic E-state index is 0. The molecule has 1 aromatic rings. The summed E-state index contributed by atoms with van der Waals surface area (Å²) in [7, 11) is 1.88.